The van der Waals surface area contributed by atoms with Gasteiger partial charge in [0.25, 0.3) is 0 Å². The molecule has 3 atom stereocenters. The van der Waals surface area contributed by atoms with Crippen molar-refractivity contribution >= 4 is 0 Å². The van der Waals surface area contributed by atoms with Crippen molar-refractivity contribution in [1.82, 2.24) is 0 Å². The summed E-state index contributed by atoms with van der Waals surface area (Å²) in [6, 6.07) is 4.10. The third kappa shape index (κ3) is 2.32. The Morgan fingerprint density at radius 2 is 2.25 bits per heavy atom. The Balaban J connectivity index is 2.11. The van der Waals surface area contributed by atoms with Crippen molar-refractivity contribution in [3.05, 3.63) is 24.2 Å². The van der Waals surface area contributed by atoms with Crippen LogP contribution in [0.4, 0.5) is 0 Å². The number of furan rings is 1. The van der Waals surface area contributed by atoms with E-state index in [4.69, 9.17) is 10.2 Å². The van der Waals surface area contributed by atoms with Crippen LogP contribution in [0.3, 0.4) is 0 Å². The van der Waals surface area contributed by atoms with Crippen LogP contribution < -0.4 is 5.73 Å². The molecule has 3 unspecified atom stereocenters. The molecule has 2 N–H and O–H groups in total. The fraction of sp³-hybridized carbons (Fsp3) is 0.714. The van der Waals surface area contributed by atoms with E-state index in [1.54, 1.807) is 6.26 Å². The predicted molar refractivity (Wildman–Crippen MR) is 66.2 cm³/mol. The third-order valence-corrected chi connectivity index (χ3v) is 4.19. The van der Waals surface area contributed by atoms with Crippen molar-refractivity contribution < 1.29 is 4.42 Å². The zero-order valence-corrected chi connectivity index (χ0v) is 10.4. The highest BCUT2D eigenvalue weighted by atomic mass is 16.3. The fourth-order valence-corrected chi connectivity index (χ4v) is 3.00. The van der Waals surface area contributed by atoms with E-state index in [2.05, 4.69) is 19.9 Å². The van der Waals surface area contributed by atoms with Crippen LogP contribution >= 0.6 is 0 Å². The second-order valence-corrected chi connectivity index (χ2v) is 5.43. The second kappa shape index (κ2) is 5.05. The zero-order chi connectivity index (χ0) is 11.5. The number of rotatable bonds is 3. The molecule has 1 aliphatic rings. The lowest BCUT2D eigenvalue weighted by molar-refractivity contribution is 0.182. The Bertz CT molecular complexity index is 305. The van der Waals surface area contributed by atoms with Gasteiger partial charge in [0, 0.05) is 5.92 Å². The standard InChI is InChI=1S/C14H23NO/c1-10(2)11-5-6-12(9-15)13(8-11)14-4-3-7-16-14/h3-4,7,10-13H,5-6,8-9,15H2,1-2H3. The van der Waals surface area contributed by atoms with E-state index in [9.17, 15) is 0 Å². The summed E-state index contributed by atoms with van der Waals surface area (Å²) < 4.78 is 5.58. The van der Waals surface area contributed by atoms with Crippen LogP contribution in [0.15, 0.2) is 22.8 Å². The SMILES string of the molecule is CC(C)C1CCC(CN)C(c2ccco2)C1. The molecule has 0 spiro atoms. The third-order valence-electron chi connectivity index (χ3n) is 4.19. The molecule has 1 fully saturated rings. The minimum absolute atomic E-state index is 0.543. The van der Waals surface area contributed by atoms with Gasteiger partial charge in [-0.1, -0.05) is 13.8 Å². The van der Waals surface area contributed by atoms with Crippen LogP contribution in [0.5, 0.6) is 0 Å². The topological polar surface area (TPSA) is 39.2 Å². The minimum Gasteiger partial charge on any atom is -0.469 e. The molecule has 1 aliphatic carbocycles. The molecule has 2 nitrogen and oxygen atoms in total. The number of nitrogens with two attached hydrogens (primary N) is 1. The van der Waals surface area contributed by atoms with E-state index in [-0.39, 0.29) is 0 Å². The number of hydrogen-bond acceptors (Lipinski definition) is 2. The lowest BCUT2D eigenvalue weighted by atomic mass is 9.70. The van der Waals surface area contributed by atoms with Crippen LogP contribution in [0.1, 0.15) is 44.8 Å². The average Bonchev–Trinajstić information content (AvgIpc) is 2.81. The van der Waals surface area contributed by atoms with Gasteiger partial charge in [-0.05, 0) is 55.7 Å². The Labute approximate surface area is 98.2 Å². The smallest absolute Gasteiger partial charge is 0.107 e. The molecular weight excluding hydrogens is 198 g/mol. The Hall–Kier alpha value is -0.760. The Kier molecular flexibility index (Phi) is 3.70. The van der Waals surface area contributed by atoms with Crippen molar-refractivity contribution in [2.75, 3.05) is 6.54 Å². The van der Waals surface area contributed by atoms with E-state index < -0.39 is 0 Å². The summed E-state index contributed by atoms with van der Waals surface area (Å²) in [5, 5.41) is 0. The average molecular weight is 221 g/mol. The van der Waals surface area contributed by atoms with E-state index >= 15 is 0 Å². The molecule has 16 heavy (non-hydrogen) atoms. The van der Waals surface area contributed by atoms with Crippen molar-refractivity contribution in [3.8, 4) is 0 Å². The summed E-state index contributed by atoms with van der Waals surface area (Å²) in [6.07, 6.45) is 5.61. The van der Waals surface area contributed by atoms with E-state index in [0.717, 1.165) is 24.1 Å². The molecule has 0 aromatic carbocycles. The largest absolute Gasteiger partial charge is 0.469 e. The molecule has 0 saturated heterocycles. The van der Waals surface area contributed by atoms with Gasteiger partial charge in [0.1, 0.15) is 5.76 Å². The lowest BCUT2D eigenvalue weighted by Gasteiger charge is -2.36. The van der Waals surface area contributed by atoms with E-state index in [0.29, 0.717) is 11.8 Å². The molecule has 1 aromatic heterocycles. The first-order valence-electron chi connectivity index (χ1n) is 6.45. The van der Waals surface area contributed by atoms with E-state index in [1.165, 1.54) is 19.3 Å². The van der Waals surface area contributed by atoms with Gasteiger partial charge in [-0.15, -0.1) is 0 Å². The Morgan fingerprint density at radius 1 is 1.44 bits per heavy atom. The molecule has 90 valence electrons. The van der Waals surface area contributed by atoms with Crippen molar-refractivity contribution in [3.63, 3.8) is 0 Å². The van der Waals surface area contributed by atoms with Crippen molar-refractivity contribution in [2.45, 2.75) is 39.0 Å². The molecule has 1 saturated carbocycles. The monoisotopic (exact) mass is 221 g/mol. The van der Waals surface area contributed by atoms with Crippen LogP contribution in [0.25, 0.3) is 0 Å². The summed E-state index contributed by atoms with van der Waals surface area (Å²) in [5.74, 6) is 3.90. The molecular formula is C14H23NO. The van der Waals surface area contributed by atoms with Crippen LogP contribution in [0, 0.1) is 17.8 Å². The summed E-state index contributed by atoms with van der Waals surface area (Å²) in [4.78, 5) is 0. The molecule has 2 heteroatoms. The fourth-order valence-electron chi connectivity index (χ4n) is 3.00. The molecule has 1 heterocycles. The van der Waals surface area contributed by atoms with Gasteiger partial charge in [-0.2, -0.15) is 0 Å². The van der Waals surface area contributed by atoms with Gasteiger partial charge in [0.2, 0.25) is 0 Å². The van der Waals surface area contributed by atoms with Gasteiger partial charge >= 0.3 is 0 Å². The first-order valence-corrected chi connectivity index (χ1v) is 6.45. The highest BCUT2D eigenvalue weighted by Gasteiger charge is 2.33. The first kappa shape index (κ1) is 11.7. The van der Waals surface area contributed by atoms with Crippen LogP contribution in [-0.2, 0) is 0 Å². The number of hydrogen-bond donors (Lipinski definition) is 1. The molecule has 0 radical (unpaired) electrons. The highest BCUT2D eigenvalue weighted by molar-refractivity contribution is 5.09. The quantitative estimate of drug-likeness (QED) is 0.849. The molecule has 0 amide bonds. The van der Waals surface area contributed by atoms with Gasteiger partial charge in [-0.3, -0.25) is 0 Å². The maximum Gasteiger partial charge on any atom is 0.107 e. The Morgan fingerprint density at radius 3 is 2.81 bits per heavy atom. The summed E-state index contributed by atoms with van der Waals surface area (Å²) in [5.41, 5.74) is 5.88. The van der Waals surface area contributed by atoms with Gasteiger partial charge in [0.05, 0.1) is 6.26 Å². The second-order valence-electron chi connectivity index (χ2n) is 5.43. The molecule has 2 rings (SSSR count). The maximum atomic E-state index is 5.88. The summed E-state index contributed by atoms with van der Waals surface area (Å²) in [6.45, 7) is 5.44. The van der Waals surface area contributed by atoms with Crippen LogP contribution in [0.2, 0.25) is 0 Å². The van der Waals surface area contributed by atoms with Crippen LogP contribution in [-0.4, -0.2) is 6.54 Å². The van der Waals surface area contributed by atoms with Gasteiger partial charge in [-0.25, -0.2) is 0 Å². The van der Waals surface area contributed by atoms with Gasteiger partial charge < -0.3 is 10.2 Å². The van der Waals surface area contributed by atoms with E-state index in [1.807, 2.05) is 6.07 Å². The zero-order valence-electron chi connectivity index (χ0n) is 10.4. The predicted octanol–water partition coefficient (Wildman–Crippen LogP) is 3.39. The first-order chi connectivity index (χ1) is 7.72. The molecule has 0 aliphatic heterocycles. The van der Waals surface area contributed by atoms with Gasteiger partial charge in [0.15, 0.2) is 0 Å². The van der Waals surface area contributed by atoms with Crippen molar-refractivity contribution in [2.24, 2.45) is 23.5 Å². The minimum atomic E-state index is 0.543. The molecule has 0 bridgehead atoms. The highest BCUT2D eigenvalue weighted by Crippen LogP contribution is 2.42. The van der Waals surface area contributed by atoms with Crippen molar-refractivity contribution in [1.29, 1.82) is 0 Å². The maximum absolute atomic E-state index is 5.88. The molecule has 1 aromatic rings. The lowest BCUT2D eigenvalue weighted by Crippen LogP contribution is -2.30. The normalized spacial score (nSPS) is 30.9. The summed E-state index contributed by atoms with van der Waals surface area (Å²) in [7, 11) is 0. The summed E-state index contributed by atoms with van der Waals surface area (Å²) >= 11 is 0.